The van der Waals surface area contributed by atoms with Crippen LogP contribution in [-0.4, -0.2) is 43.8 Å². The Labute approximate surface area is 142 Å². The van der Waals surface area contributed by atoms with E-state index in [2.05, 4.69) is 31.6 Å². The van der Waals surface area contributed by atoms with Crippen molar-refractivity contribution in [3.63, 3.8) is 0 Å². The predicted molar refractivity (Wildman–Crippen MR) is 81.4 cm³/mol. The number of hydrogen-bond donors (Lipinski definition) is 1. The van der Waals surface area contributed by atoms with Gasteiger partial charge in [-0.1, -0.05) is 26.3 Å². The molecule has 0 aromatic rings. The van der Waals surface area contributed by atoms with Crippen molar-refractivity contribution in [2.45, 2.75) is 12.8 Å². The molecule has 2 N–H and O–H groups in total. The van der Waals surface area contributed by atoms with Gasteiger partial charge in [-0.05, 0) is 24.3 Å². The molecule has 0 atom stereocenters. The summed E-state index contributed by atoms with van der Waals surface area (Å²) in [5.41, 5.74) is 0. The molecule has 0 amide bonds. The largest absolute Gasteiger partial charge is 1.00 e. The van der Waals surface area contributed by atoms with Crippen LogP contribution in [0.4, 0.5) is 0 Å². The highest BCUT2D eigenvalue weighted by atomic mass is 79.9. The molecular formula is C16H30BrClN2. The molecule has 0 aromatic heterocycles. The third-order valence-electron chi connectivity index (χ3n) is 3.21. The Hall–Kier alpha value is -0.350. The maximum atomic E-state index is 3.80. The lowest BCUT2D eigenvalue weighted by atomic mass is 10.3. The quantitative estimate of drug-likeness (QED) is 0.256. The van der Waals surface area contributed by atoms with Gasteiger partial charge in [-0.15, -0.1) is 0 Å². The highest BCUT2D eigenvalue weighted by molar-refractivity contribution is 4.74. The van der Waals surface area contributed by atoms with Crippen LogP contribution in [0.2, 0.25) is 0 Å². The molecule has 0 spiro atoms. The number of rotatable bonds is 8. The van der Waals surface area contributed by atoms with Gasteiger partial charge >= 0.3 is 0 Å². The second kappa shape index (κ2) is 16.7. The SMILES string of the molecule is C=CC[N+]1(CC=C)CCCC1.C=CC[NH2+]CC=C.[Br-].[Cl-]. The molecule has 118 valence electrons. The molecule has 0 bridgehead atoms. The molecule has 1 saturated heterocycles. The maximum Gasteiger partial charge on any atom is 0.0973 e. The molecule has 4 heteroatoms. The Morgan fingerprint density at radius 2 is 1.20 bits per heavy atom. The van der Waals surface area contributed by atoms with E-state index in [1.165, 1.54) is 30.4 Å². The first-order chi connectivity index (χ1) is 8.74. The van der Waals surface area contributed by atoms with E-state index >= 15 is 0 Å². The lowest BCUT2D eigenvalue weighted by molar-refractivity contribution is -0.905. The van der Waals surface area contributed by atoms with E-state index < -0.39 is 0 Å². The zero-order chi connectivity index (χ0) is 13.7. The number of likely N-dealkylation sites (tertiary alicyclic amines) is 1. The Morgan fingerprint density at radius 1 is 0.800 bits per heavy atom. The van der Waals surface area contributed by atoms with Gasteiger partial charge in [0.05, 0.1) is 39.3 Å². The first-order valence-electron chi connectivity index (χ1n) is 6.85. The van der Waals surface area contributed by atoms with Crippen LogP contribution in [0.5, 0.6) is 0 Å². The number of quaternary nitrogens is 2. The summed E-state index contributed by atoms with van der Waals surface area (Å²) in [6.07, 6.45) is 10.6. The van der Waals surface area contributed by atoms with E-state index in [0.717, 1.165) is 26.2 Å². The lowest BCUT2D eigenvalue weighted by Crippen LogP contribution is -3.00. The number of hydrogen-bond acceptors (Lipinski definition) is 0. The summed E-state index contributed by atoms with van der Waals surface area (Å²) in [6, 6.07) is 0. The fourth-order valence-electron chi connectivity index (χ4n) is 2.33. The second-order valence-corrected chi connectivity index (χ2v) is 4.78. The summed E-state index contributed by atoms with van der Waals surface area (Å²) in [6.45, 7) is 21.6. The summed E-state index contributed by atoms with van der Waals surface area (Å²) in [5.74, 6) is 0. The number of nitrogens with two attached hydrogens (primary N) is 1. The highest BCUT2D eigenvalue weighted by Crippen LogP contribution is 2.18. The fraction of sp³-hybridized carbons (Fsp3) is 0.500. The van der Waals surface area contributed by atoms with E-state index in [0.29, 0.717) is 0 Å². The molecule has 1 rings (SSSR count). The predicted octanol–water partition coefficient (Wildman–Crippen LogP) is -4.10. The van der Waals surface area contributed by atoms with Gasteiger partial charge in [-0.25, -0.2) is 0 Å². The van der Waals surface area contributed by atoms with Gasteiger partial charge in [-0.2, -0.15) is 0 Å². The summed E-state index contributed by atoms with van der Waals surface area (Å²) in [4.78, 5) is 0. The van der Waals surface area contributed by atoms with Crippen molar-refractivity contribution in [3.8, 4) is 0 Å². The molecule has 1 fully saturated rings. The van der Waals surface area contributed by atoms with Crippen LogP contribution in [0.25, 0.3) is 0 Å². The first kappa shape index (κ1) is 24.7. The number of halogens is 2. The van der Waals surface area contributed by atoms with Crippen molar-refractivity contribution in [2.75, 3.05) is 39.3 Å². The van der Waals surface area contributed by atoms with Crippen molar-refractivity contribution in [2.24, 2.45) is 0 Å². The molecule has 1 aliphatic rings. The fourth-order valence-corrected chi connectivity index (χ4v) is 2.33. The van der Waals surface area contributed by atoms with Crippen molar-refractivity contribution >= 4 is 0 Å². The van der Waals surface area contributed by atoms with Crippen LogP contribution in [0.1, 0.15) is 12.8 Å². The Balaban J connectivity index is -0.000000286. The molecule has 2 nitrogen and oxygen atoms in total. The summed E-state index contributed by atoms with van der Waals surface area (Å²) in [7, 11) is 0. The van der Waals surface area contributed by atoms with Crippen molar-refractivity contribution < 1.29 is 39.2 Å². The van der Waals surface area contributed by atoms with E-state index in [1.54, 1.807) is 0 Å². The van der Waals surface area contributed by atoms with Gasteiger partial charge in [-0.3, -0.25) is 0 Å². The Kier molecular flexibility index (Phi) is 20.6. The maximum absolute atomic E-state index is 3.80. The van der Waals surface area contributed by atoms with Crippen LogP contribution >= 0.6 is 0 Å². The third-order valence-corrected chi connectivity index (χ3v) is 3.21. The second-order valence-electron chi connectivity index (χ2n) is 4.78. The Bertz CT molecular complexity index is 241. The highest BCUT2D eigenvalue weighted by Gasteiger charge is 2.28. The minimum absolute atomic E-state index is 0. The van der Waals surface area contributed by atoms with Crippen LogP contribution in [0.15, 0.2) is 50.6 Å². The number of nitrogens with zero attached hydrogens (tertiary/aromatic N) is 1. The molecule has 0 saturated carbocycles. The molecule has 0 aromatic carbocycles. The van der Waals surface area contributed by atoms with E-state index in [1.807, 2.05) is 24.3 Å². The summed E-state index contributed by atoms with van der Waals surface area (Å²) in [5, 5.41) is 2.12. The van der Waals surface area contributed by atoms with Crippen molar-refractivity contribution in [1.82, 2.24) is 0 Å². The molecule has 20 heavy (non-hydrogen) atoms. The smallest absolute Gasteiger partial charge is 0.0973 e. The van der Waals surface area contributed by atoms with E-state index in [9.17, 15) is 0 Å². The standard InChI is InChI=1S/C10H18N.C6H11N.BrH.ClH/c1-3-7-11(8-4-2)9-5-6-10-11;1-3-5-7-6-4-2;;/h3-4H,1-2,5-10H2;3-4,7H,1-2,5-6H2;2*1H/q+1;;;/p-1. The van der Waals surface area contributed by atoms with Gasteiger partial charge in [0.2, 0.25) is 0 Å². The molecular weight excluding hydrogens is 336 g/mol. The van der Waals surface area contributed by atoms with Gasteiger partial charge in [0.15, 0.2) is 0 Å². The van der Waals surface area contributed by atoms with Crippen LogP contribution < -0.4 is 34.7 Å². The van der Waals surface area contributed by atoms with Gasteiger partial charge in [0.1, 0.15) is 0 Å². The normalized spacial score (nSPS) is 14.6. The molecule has 0 aliphatic carbocycles. The third kappa shape index (κ3) is 11.5. The van der Waals surface area contributed by atoms with Crippen molar-refractivity contribution in [1.29, 1.82) is 0 Å². The van der Waals surface area contributed by atoms with E-state index in [-0.39, 0.29) is 29.4 Å². The zero-order valence-corrected chi connectivity index (χ0v) is 14.9. The minimum Gasteiger partial charge on any atom is -1.00 e. The van der Waals surface area contributed by atoms with Crippen molar-refractivity contribution in [3.05, 3.63) is 50.6 Å². The first-order valence-corrected chi connectivity index (χ1v) is 6.85. The molecule has 1 heterocycles. The summed E-state index contributed by atoms with van der Waals surface area (Å²) >= 11 is 0. The van der Waals surface area contributed by atoms with Gasteiger partial charge in [0, 0.05) is 12.8 Å². The lowest BCUT2D eigenvalue weighted by Gasteiger charge is -2.31. The monoisotopic (exact) mass is 364 g/mol. The molecule has 0 unspecified atom stereocenters. The molecule has 0 radical (unpaired) electrons. The minimum atomic E-state index is 0. The summed E-state index contributed by atoms with van der Waals surface area (Å²) < 4.78 is 1.20. The van der Waals surface area contributed by atoms with E-state index in [4.69, 9.17) is 0 Å². The average molecular weight is 366 g/mol. The van der Waals surface area contributed by atoms with Crippen LogP contribution in [0.3, 0.4) is 0 Å². The van der Waals surface area contributed by atoms with Gasteiger partial charge < -0.3 is 39.2 Å². The Morgan fingerprint density at radius 3 is 1.50 bits per heavy atom. The average Bonchev–Trinajstić information content (AvgIpc) is 2.80. The topological polar surface area (TPSA) is 16.6 Å². The molecule has 1 aliphatic heterocycles. The van der Waals surface area contributed by atoms with Crippen LogP contribution in [0, 0.1) is 0 Å². The van der Waals surface area contributed by atoms with Gasteiger partial charge in [0.25, 0.3) is 0 Å². The zero-order valence-electron chi connectivity index (χ0n) is 12.6. The van der Waals surface area contributed by atoms with Crippen LogP contribution in [-0.2, 0) is 0 Å².